The van der Waals surface area contributed by atoms with E-state index in [-0.39, 0.29) is 0 Å². The number of rotatable bonds is 5. The molecule has 2 aromatic carbocycles. The van der Waals surface area contributed by atoms with Crippen LogP contribution < -0.4 is 4.90 Å². The minimum atomic E-state index is 0.612. The Hall–Kier alpha value is -0.700. The van der Waals surface area contributed by atoms with Crippen LogP contribution in [0.15, 0.2) is 40.9 Å². The molecule has 21 heavy (non-hydrogen) atoms. The zero-order valence-electron chi connectivity index (χ0n) is 11.6. The molecule has 3 rings (SSSR count). The first-order chi connectivity index (χ1) is 10.2. The monoisotopic (exact) mass is 383 g/mol. The fourth-order valence-corrected chi connectivity index (χ4v) is 3.75. The van der Waals surface area contributed by atoms with Crippen LogP contribution in [0.4, 0.5) is 5.69 Å². The number of anilines is 1. The van der Waals surface area contributed by atoms with Gasteiger partial charge in [-0.15, -0.1) is 23.2 Å². The van der Waals surface area contributed by atoms with Gasteiger partial charge in [0.05, 0.1) is 0 Å². The van der Waals surface area contributed by atoms with Crippen molar-refractivity contribution in [3.63, 3.8) is 0 Å². The summed E-state index contributed by atoms with van der Waals surface area (Å²) in [5.74, 6) is 1.22. The molecule has 0 heterocycles. The average molecular weight is 385 g/mol. The highest BCUT2D eigenvalue weighted by molar-refractivity contribution is 9.10. The first kappa shape index (κ1) is 15.2. The van der Waals surface area contributed by atoms with E-state index in [0.717, 1.165) is 24.0 Å². The Morgan fingerprint density at radius 3 is 2.19 bits per heavy atom. The lowest BCUT2D eigenvalue weighted by Crippen LogP contribution is -2.27. The van der Waals surface area contributed by atoms with E-state index in [4.69, 9.17) is 23.2 Å². The molecule has 1 aliphatic rings. The molecule has 0 bridgehead atoms. The SMILES string of the molecule is ClCCN(CCCl)c1ccc2c(c1)Cc1cc(Br)ccc1-2. The Bertz CT molecular complexity index is 651. The van der Waals surface area contributed by atoms with Crippen molar-refractivity contribution < 1.29 is 0 Å². The van der Waals surface area contributed by atoms with Crippen molar-refractivity contribution in [1.82, 2.24) is 0 Å². The zero-order chi connectivity index (χ0) is 14.8. The molecular formula is C17H16BrCl2N. The van der Waals surface area contributed by atoms with Crippen LogP contribution in [0.3, 0.4) is 0 Å². The second-order valence-corrected chi connectivity index (χ2v) is 6.86. The van der Waals surface area contributed by atoms with E-state index < -0.39 is 0 Å². The van der Waals surface area contributed by atoms with Crippen molar-refractivity contribution in [3.05, 3.63) is 52.0 Å². The van der Waals surface area contributed by atoms with E-state index in [0.29, 0.717) is 11.8 Å². The predicted molar refractivity (Wildman–Crippen MR) is 96.0 cm³/mol. The summed E-state index contributed by atoms with van der Waals surface area (Å²) in [7, 11) is 0. The minimum absolute atomic E-state index is 0.612. The third kappa shape index (κ3) is 3.08. The van der Waals surface area contributed by atoms with Crippen LogP contribution in [0.5, 0.6) is 0 Å². The van der Waals surface area contributed by atoms with E-state index in [2.05, 4.69) is 57.2 Å². The predicted octanol–water partition coefficient (Wildman–Crippen LogP) is 5.30. The topological polar surface area (TPSA) is 3.24 Å². The molecule has 110 valence electrons. The maximum atomic E-state index is 5.90. The highest BCUT2D eigenvalue weighted by Crippen LogP contribution is 2.39. The Morgan fingerprint density at radius 1 is 0.905 bits per heavy atom. The molecule has 0 aliphatic heterocycles. The molecule has 1 aliphatic carbocycles. The van der Waals surface area contributed by atoms with Crippen molar-refractivity contribution in [2.75, 3.05) is 29.7 Å². The van der Waals surface area contributed by atoms with Crippen molar-refractivity contribution >= 4 is 44.8 Å². The lowest BCUT2D eigenvalue weighted by atomic mass is 10.1. The van der Waals surface area contributed by atoms with Crippen LogP contribution in [0.2, 0.25) is 0 Å². The summed E-state index contributed by atoms with van der Waals surface area (Å²) in [6.07, 6.45) is 0.994. The Labute approximate surface area is 144 Å². The molecule has 0 N–H and O–H groups in total. The molecule has 2 aromatic rings. The molecule has 0 saturated carbocycles. The molecule has 0 fully saturated rings. The molecule has 0 atom stereocenters. The van der Waals surface area contributed by atoms with Gasteiger partial charge in [-0.3, -0.25) is 0 Å². The summed E-state index contributed by atoms with van der Waals surface area (Å²) in [5.41, 5.74) is 6.67. The average Bonchev–Trinajstić information content (AvgIpc) is 2.83. The van der Waals surface area contributed by atoms with Crippen LogP contribution in [-0.4, -0.2) is 24.8 Å². The van der Waals surface area contributed by atoms with Gasteiger partial charge >= 0.3 is 0 Å². The summed E-state index contributed by atoms with van der Waals surface area (Å²) in [6, 6.07) is 13.2. The smallest absolute Gasteiger partial charge is 0.0399 e. The first-order valence-electron chi connectivity index (χ1n) is 7.01. The van der Waals surface area contributed by atoms with Gasteiger partial charge in [0.15, 0.2) is 0 Å². The van der Waals surface area contributed by atoms with Gasteiger partial charge in [-0.25, -0.2) is 0 Å². The Balaban J connectivity index is 1.94. The lowest BCUT2D eigenvalue weighted by molar-refractivity contribution is 0.873. The molecule has 0 spiro atoms. The summed E-state index contributed by atoms with van der Waals surface area (Å²) in [5, 5.41) is 0. The van der Waals surface area contributed by atoms with Crippen LogP contribution in [0.25, 0.3) is 11.1 Å². The van der Waals surface area contributed by atoms with Gasteiger partial charge in [0.1, 0.15) is 0 Å². The van der Waals surface area contributed by atoms with E-state index in [9.17, 15) is 0 Å². The number of nitrogens with zero attached hydrogens (tertiary/aromatic N) is 1. The van der Waals surface area contributed by atoms with Crippen LogP contribution >= 0.6 is 39.1 Å². The summed E-state index contributed by atoms with van der Waals surface area (Å²) >= 11 is 15.4. The second kappa shape index (κ2) is 6.60. The maximum absolute atomic E-state index is 5.90. The number of benzene rings is 2. The number of alkyl halides is 2. The first-order valence-corrected chi connectivity index (χ1v) is 8.87. The molecular weight excluding hydrogens is 369 g/mol. The molecule has 4 heteroatoms. The number of fused-ring (bicyclic) bond motifs is 3. The van der Waals surface area contributed by atoms with E-state index in [1.165, 1.54) is 27.9 Å². The van der Waals surface area contributed by atoms with E-state index in [1.807, 2.05) is 0 Å². The molecule has 0 radical (unpaired) electrons. The Kier molecular flexibility index (Phi) is 4.78. The number of hydrogen-bond acceptors (Lipinski definition) is 1. The van der Waals surface area contributed by atoms with E-state index >= 15 is 0 Å². The van der Waals surface area contributed by atoms with Crippen molar-refractivity contribution in [3.8, 4) is 11.1 Å². The lowest BCUT2D eigenvalue weighted by Gasteiger charge is -2.23. The van der Waals surface area contributed by atoms with Gasteiger partial charge in [-0.2, -0.15) is 0 Å². The molecule has 0 amide bonds. The standard InChI is InChI=1S/C17H16BrCl2N/c18-14-1-3-16-12(10-14)9-13-11-15(2-4-17(13)16)21(7-5-19)8-6-20/h1-4,10-11H,5-9H2. The normalized spacial score (nSPS) is 12.1. The van der Waals surface area contributed by atoms with Gasteiger partial charge < -0.3 is 4.90 Å². The highest BCUT2D eigenvalue weighted by atomic mass is 79.9. The fraction of sp³-hybridized carbons (Fsp3) is 0.294. The molecule has 0 saturated heterocycles. The summed E-state index contributed by atoms with van der Waals surface area (Å²) in [6.45, 7) is 1.65. The third-order valence-corrected chi connectivity index (χ3v) is 4.73. The third-order valence-electron chi connectivity index (χ3n) is 3.90. The fourth-order valence-electron chi connectivity index (χ4n) is 2.94. The molecule has 1 nitrogen and oxygen atoms in total. The quantitative estimate of drug-likeness (QED) is 0.539. The number of hydrogen-bond donors (Lipinski definition) is 0. The molecule has 0 unspecified atom stereocenters. The van der Waals surface area contributed by atoms with Gasteiger partial charge in [0, 0.05) is 35.0 Å². The summed E-state index contributed by atoms with van der Waals surface area (Å²) in [4.78, 5) is 2.25. The van der Waals surface area contributed by atoms with Crippen LogP contribution in [0.1, 0.15) is 11.1 Å². The van der Waals surface area contributed by atoms with Crippen LogP contribution in [0, 0.1) is 0 Å². The largest absolute Gasteiger partial charge is 0.369 e. The zero-order valence-corrected chi connectivity index (χ0v) is 14.7. The van der Waals surface area contributed by atoms with Gasteiger partial charge in [0.2, 0.25) is 0 Å². The van der Waals surface area contributed by atoms with Gasteiger partial charge in [-0.05, 0) is 52.9 Å². The highest BCUT2D eigenvalue weighted by Gasteiger charge is 2.19. The Morgan fingerprint density at radius 2 is 1.52 bits per heavy atom. The minimum Gasteiger partial charge on any atom is -0.369 e. The van der Waals surface area contributed by atoms with Crippen molar-refractivity contribution in [1.29, 1.82) is 0 Å². The van der Waals surface area contributed by atoms with Gasteiger partial charge in [-0.1, -0.05) is 28.1 Å². The molecule has 0 aromatic heterocycles. The summed E-state index contributed by atoms with van der Waals surface area (Å²) < 4.78 is 1.14. The van der Waals surface area contributed by atoms with Gasteiger partial charge in [0.25, 0.3) is 0 Å². The van der Waals surface area contributed by atoms with Crippen LogP contribution in [-0.2, 0) is 6.42 Å². The number of halogens is 3. The van der Waals surface area contributed by atoms with Crippen molar-refractivity contribution in [2.45, 2.75) is 6.42 Å². The van der Waals surface area contributed by atoms with E-state index in [1.54, 1.807) is 0 Å². The van der Waals surface area contributed by atoms with Crippen molar-refractivity contribution in [2.24, 2.45) is 0 Å². The maximum Gasteiger partial charge on any atom is 0.0399 e. The second-order valence-electron chi connectivity index (χ2n) is 5.18.